The third kappa shape index (κ3) is 3.67. The zero-order chi connectivity index (χ0) is 17.9. The fourth-order valence-corrected chi connectivity index (χ4v) is 3.62. The van der Waals surface area contributed by atoms with Gasteiger partial charge in [-0.3, -0.25) is 9.36 Å². The molecule has 1 N–H and O–H groups in total. The predicted octanol–water partition coefficient (Wildman–Crippen LogP) is 3.53. The summed E-state index contributed by atoms with van der Waals surface area (Å²) in [5.41, 5.74) is 1.03. The standard InChI is InChI=1S/C19H20N4O2S/c1-13(18(24)20-12-16-8-5-11-25-16)26-19-22-21-17(14-9-10-14)23(19)15-6-3-2-4-7-15/h2-8,11,13-14H,9-10,12H2,1H3,(H,20,24)/t13-/m1/s1. The van der Waals surface area contributed by atoms with Crippen LogP contribution >= 0.6 is 11.8 Å². The molecule has 7 heteroatoms. The van der Waals surface area contributed by atoms with Gasteiger partial charge < -0.3 is 9.73 Å². The van der Waals surface area contributed by atoms with Crippen molar-refractivity contribution in [3.05, 3.63) is 60.3 Å². The van der Waals surface area contributed by atoms with Crippen LogP contribution in [0.25, 0.3) is 5.69 Å². The lowest BCUT2D eigenvalue weighted by Gasteiger charge is -2.13. The lowest BCUT2D eigenvalue weighted by molar-refractivity contribution is -0.120. The number of carbonyl (C=O) groups excluding carboxylic acids is 1. The zero-order valence-corrected chi connectivity index (χ0v) is 15.3. The molecule has 0 saturated heterocycles. The molecule has 1 amide bonds. The smallest absolute Gasteiger partial charge is 0.233 e. The lowest BCUT2D eigenvalue weighted by atomic mass is 10.3. The van der Waals surface area contributed by atoms with Crippen LogP contribution in [0.1, 0.15) is 37.3 Å². The van der Waals surface area contributed by atoms with Gasteiger partial charge in [0.25, 0.3) is 0 Å². The summed E-state index contributed by atoms with van der Waals surface area (Å²) in [4.78, 5) is 12.4. The first-order valence-corrected chi connectivity index (χ1v) is 9.58. The maximum absolute atomic E-state index is 12.4. The van der Waals surface area contributed by atoms with Crippen LogP contribution < -0.4 is 5.32 Å². The summed E-state index contributed by atoms with van der Waals surface area (Å²) in [7, 11) is 0. The minimum absolute atomic E-state index is 0.0537. The fourth-order valence-electron chi connectivity index (χ4n) is 2.73. The molecule has 2 aromatic heterocycles. The molecule has 1 aliphatic rings. The van der Waals surface area contributed by atoms with Gasteiger partial charge in [0, 0.05) is 11.6 Å². The SMILES string of the molecule is C[C@@H](Sc1nnc(C2CC2)n1-c1ccccc1)C(=O)NCc1ccco1. The van der Waals surface area contributed by atoms with E-state index in [1.807, 2.05) is 43.3 Å². The van der Waals surface area contributed by atoms with Gasteiger partial charge in [0.15, 0.2) is 5.16 Å². The second kappa shape index (κ2) is 7.37. The third-order valence-corrected chi connectivity index (χ3v) is 5.33. The van der Waals surface area contributed by atoms with Gasteiger partial charge in [0.1, 0.15) is 11.6 Å². The van der Waals surface area contributed by atoms with Gasteiger partial charge in [0.2, 0.25) is 5.91 Å². The van der Waals surface area contributed by atoms with Crippen molar-refractivity contribution in [2.24, 2.45) is 0 Å². The molecule has 134 valence electrons. The van der Waals surface area contributed by atoms with Crippen molar-refractivity contribution in [2.75, 3.05) is 0 Å². The Morgan fingerprint density at radius 1 is 1.27 bits per heavy atom. The van der Waals surface area contributed by atoms with Crippen molar-refractivity contribution >= 4 is 17.7 Å². The molecule has 1 aliphatic carbocycles. The van der Waals surface area contributed by atoms with E-state index in [0.29, 0.717) is 12.5 Å². The average molecular weight is 368 g/mol. The molecule has 26 heavy (non-hydrogen) atoms. The molecule has 3 aromatic rings. The van der Waals surface area contributed by atoms with Crippen LogP contribution in [0.3, 0.4) is 0 Å². The molecule has 2 heterocycles. The number of furan rings is 1. The van der Waals surface area contributed by atoms with Gasteiger partial charge in [-0.15, -0.1) is 10.2 Å². The highest BCUT2D eigenvalue weighted by Crippen LogP contribution is 2.41. The molecule has 6 nitrogen and oxygen atoms in total. The monoisotopic (exact) mass is 368 g/mol. The summed E-state index contributed by atoms with van der Waals surface area (Å²) in [6, 6.07) is 13.7. The number of para-hydroxylation sites is 1. The molecular weight excluding hydrogens is 348 g/mol. The summed E-state index contributed by atoms with van der Waals surface area (Å²) in [6.45, 7) is 2.26. The highest BCUT2D eigenvalue weighted by Gasteiger charge is 2.31. The van der Waals surface area contributed by atoms with Gasteiger partial charge in [-0.1, -0.05) is 30.0 Å². The van der Waals surface area contributed by atoms with E-state index in [2.05, 4.69) is 20.1 Å². The number of carbonyl (C=O) groups is 1. The van der Waals surface area contributed by atoms with E-state index in [1.165, 1.54) is 11.8 Å². The maximum Gasteiger partial charge on any atom is 0.233 e. The summed E-state index contributed by atoms with van der Waals surface area (Å²) in [5.74, 6) is 2.14. The first kappa shape index (κ1) is 16.9. The molecular formula is C19H20N4O2S. The Bertz CT molecular complexity index is 872. The first-order valence-electron chi connectivity index (χ1n) is 8.70. The topological polar surface area (TPSA) is 73.0 Å². The number of hydrogen-bond donors (Lipinski definition) is 1. The molecule has 1 aromatic carbocycles. The minimum Gasteiger partial charge on any atom is -0.467 e. The molecule has 0 radical (unpaired) electrons. The second-order valence-corrected chi connectivity index (χ2v) is 7.65. The van der Waals surface area contributed by atoms with Gasteiger partial charge in [-0.2, -0.15) is 0 Å². The molecule has 4 rings (SSSR count). The molecule has 0 aliphatic heterocycles. The average Bonchev–Trinajstić information content (AvgIpc) is 3.21. The Morgan fingerprint density at radius 3 is 2.77 bits per heavy atom. The van der Waals surface area contributed by atoms with E-state index in [0.717, 1.165) is 35.3 Å². The van der Waals surface area contributed by atoms with Crippen LogP contribution in [-0.2, 0) is 11.3 Å². The lowest BCUT2D eigenvalue weighted by Crippen LogP contribution is -2.30. The number of benzene rings is 1. The van der Waals surface area contributed by atoms with Crippen molar-refractivity contribution in [1.29, 1.82) is 0 Å². The fraction of sp³-hybridized carbons (Fsp3) is 0.316. The quantitative estimate of drug-likeness (QED) is 0.646. The Balaban J connectivity index is 1.49. The first-order chi connectivity index (χ1) is 12.7. The molecule has 0 unspecified atom stereocenters. The summed E-state index contributed by atoms with van der Waals surface area (Å²) < 4.78 is 7.33. The number of thioether (sulfide) groups is 1. The number of amides is 1. The van der Waals surface area contributed by atoms with Crippen LogP contribution in [0.15, 0.2) is 58.3 Å². The van der Waals surface area contributed by atoms with E-state index in [9.17, 15) is 4.79 Å². The normalized spacial score (nSPS) is 15.0. The van der Waals surface area contributed by atoms with Crippen LogP contribution in [0.4, 0.5) is 0 Å². The van der Waals surface area contributed by atoms with Crippen LogP contribution in [-0.4, -0.2) is 25.9 Å². The Labute approximate surface area is 156 Å². The summed E-state index contributed by atoms with van der Waals surface area (Å²) in [6.07, 6.45) is 3.89. The summed E-state index contributed by atoms with van der Waals surface area (Å²) in [5, 5.41) is 12.1. The van der Waals surface area contributed by atoms with Crippen molar-refractivity contribution in [3.8, 4) is 5.69 Å². The number of aromatic nitrogens is 3. The van der Waals surface area contributed by atoms with Gasteiger partial charge in [0.05, 0.1) is 18.1 Å². The number of hydrogen-bond acceptors (Lipinski definition) is 5. The van der Waals surface area contributed by atoms with Crippen LogP contribution in [0.2, 0.25) is 0 Å². The Morgan fingerprint density at radius 2 is 2.08 bits per heavy atom. The van der Waals surface area contributed by atoms with E-state index in [-0.39, 0.29) is 11.2 Å². The molecule has 0 spiro atoms. The number of rotatable bonds is 7. The van der Waals surface area contributed by atoms with Crippen molar-refractivity contribution in [2.45, 2.75) is 42.6 Å². The third-order valence-electron chi connectivity index (χ3n) is 4.28. The molecule has 1 atom stereocenters. The Kier molecular flexibility index (Phi) is 4.79. The highest BCUT2D eigenvalue weighted by atomic mass is 32.2. The van der Waals surface area contributed by atoms with Crippen molar-refractivity contribution < 1.29 is 9.21 Å². The highest BCUT2D eigenvalue weighted by molar-refractivity contribution is 8.00. The molecule has 1 fully saturated rings. The predicted molar refractivity (Wildman–Crippen MR) is 99.2 cm³/mol. The second-order valence-electron chi connectivity index (χ2n) is 6.34. The number of nitrogens with zero attached hydrogens (tertiary/aromatic N) is 3. The largest absolute Gasteiger partial charge is 0.467 e. The van der Waals surface area contributed by atoms with E-state index in [1.54, 1.807) is 12.3 Å². The molecule has 1 saturated carbocycles. The minimum atomic E-state index is -0.288. The van der Waals surface area contributed by atoms with Gasteiger partial charge >= 0.3 is 0 Å². The zero-order valence-electron chi connectivity index (χ0n) is 14.5. The number of nitrogens with one attached hydrogen (secondary N) is 1. The van der Waals surface area contributed by atoms with E-state index < -0.39 is 0 Å². The van der Waals surface area contributed by atoms with Gasteiger partial charge in [-0.05, 0) is 44.0 Å². The van der Waals surface area contributed by atoms with E-state index in [4.69, 9.17) is 4.42 Å². The Hall–Kier alpha value is -2.54. The maximum atomic E-state index is 12.4. The summed E-state index contributed by atoms with van der Waals surface area (Å²) >= 11 is 1.42. The van der Waals surface area contributed by atoms with Crippen LogP contribution in [0, 0.1) is 0 Å². The van der Waals surface area contributed by atoms with Crippen molar-refractivity contribution in [3.63, 3.8) is 0 Å². The van der Waals surface area contributed by atoms with Crippen molar-refractivity contribution in [1.82, 2.24) is 20.1 Å². The van der Waals surface area contributed by atoms with Crippen LogP contribution in [0.5, 0.6) is 0 Å². The van der Waals surface area contributed by atoms with E-state index >= 15 is 0 Å². The molecule has 0 bridgehead atoms. The van der Waals surface area contributed by atoms with Gasteiger partial charge in [-0.25, -0.2) is 0 Å².